The molecule has 0 saturated carbocycles. The molecule has 4 nitrogen and oxygen atoms in total. The molecule has 1 N–H and O–H groups in total. The minimum atomic E-state index is -0.0725. The Kier molecular flexibility index (Phi) is 7.09. The van der Waals surface area contributed by atoms with Gasteiger partial charge in [-0.2, -0.15) is 0 Å². The van der Waals surface area contributed by atoms with Gasteiger partial charge in [0.1, 0.15) is 5.75 Å². The molecule has 1 aromatic rings. The molecule has 0 aliphatic heterocycles. The molecule has 1 aromatic carbocycles. The van der Waals surface area contributed by atoms with E-state index >= 15 is 0 Å². The van der Waals surface area contributed by atoms with Crippen LogP contribution in [-0.4, -0.2) is 44.6 Å². The van der Waals surface area contributed by atoms with E-state index in [9.17, 15) is 4.79 Å². The zero-order valence-corrected chi connectivity index (χ0v) is 13.0. The third kappa shape index (κ3) is 6.57. The number of benzene rings is 1. The van der Waals surface area contributed by atoms with Crippen LogP contribution in [0.5, 0.6) is 5.75 Å². The van der Waals surface area contributed by atoms with E-state index in [2.05, 4.69) is 24.1 Å². The first-order chi connectivity index (χ1) is 9.49. The molecule has 1 amide bonds. The van der Waals surface area contributed by atoms with E-state index in [0.29, 0.717) is 12.5 Å². The summed E-state index contributed by atoms with van der Waals surface area (Å²) in [5, 5.41) is 2.85. The molecule has 1 rings (SSSR count). The molecule has 0 saturated heterocycles. The monoisotopic (exact) mass is 278 g/mol. The van der Waals surface area contributed by atoms with Crippen molar-refractivity contribution < 1.29 is 9.53 Å². The van der Waals surface area contributed by atoms with Gasteiger partial charge in [0, 0.05) is 6.54 Å². The number of rotatable bonds is 8. The number of hydrogen-bond donors (Lipinski definition) is 1. The summed E-state index contributed by atoms with van der Waals surface area (Å²) in [6.07, 6.45) is 0.946. The number of carbonyl (C=O) groups excluding carboxylic acids is 1. The van der Waals surface area contributed by atoms with Crippen LogP contribution in [0.2, 0.25) is 0 Å². The van der Waals surface area contributed by atoms with Crippen molar-refractivity contribution in [3.63, 3.8) is 0 Å². The fourth-order valence-electron chi connectivity index (χ4n) is 1.77. The van der Waals surface area contributed by atoms with Crippen LogP contribution in [0.3, 0.4) is 0 Å². The highest BCUT2D eigenvalue weighted by Gasteiger charge is 2.03. The number of ether oxygens (including phenoxy) is 1. The maximum absolute atomic E-state index is 11.6. The summed E-state index contributed by atoms with van der Waals surface area (Å²) in [7, 11) is 4.04. The van der Waals surface area contributed by atoms with Crippen LogP contribution in [0, 0.1) is 0 Å². The molecule has 0 heterocycles. The van der Waals surface area contributed by atoms with E-state index in [0.717, 1.165) is 18.7 Å². The zero-order chi connectivity index (χ0) is 15.0. The predicted octanol–water partition coefficient (Wildman–Crippen LogP) is 2.26. The highest BCUT2D eigenvalue weighted by molar-refractivity contribution is 5.77. The van der Waals surface area contributed by atoms with Crippen LogP contribution < -0.4 is 10.1 Å². The maximum atomic E-state index is 11.6. The quantitative estimate of drug-likeness (QED) is 0.742. The average Bonchev–Trinajstić information content (AvgIpc) is 2.41. The Morgan fingerprint density at radius 3 is 2.45 bits per heavy atom. The topological polar surface area (TPSA) is 41.6 Å². The lowest BCUT2D eigenvalue weighted by Gasteiger charge is -2.11. The molecule has 0 unspecified atom stereocenters. The van der Waals surface area contributed by atoms with Crippen LogP contribution >= 0.6 is 0 Å². The highest BCUT2D eigenvalue weighted by atomic mass is 16.5. The van der Waals surface area contributed by atoms with E-state index in [1.807, 2.05) is 38.4 Å². The number of hydrogen-bond acceptors (Lipinski definition) is 3. The molecule has 0 aromatic heterocycles. The number of nitrogens with one attached hydrogen (secondary N) is 1. The summed E-state index contributed by atoms with van der Waals surface area (Å²) in [4.78, 5) is 13.7. The second-order valence-corrected chi connectivity index (χ2v) is 5.52. The highest BCUT2D eigenvalue weighted by Crippen LogP contribution is 2.18. The molecule has 0 spiro atoms. The van der Waals surface area contributed by atoms with E-state index in [1.165, 1.54) is 5.56 Å². The molecule has 0 radical (unpaired) electrons. The van der Waals surface area contributed by atoms with Gasteiger partial charge in [-0.1, -0.05) is 26.0 Å². The van der Waals surface area contributed by atoms with Crippen molar-refractivity contribution in [3.05, 3.63) is 29.8 Å². The molecule has 112 valence electrons. The van der Waals surface area contributed by atoms with Gasteiger partial charge in [0.05, 0.1) is 0 Å². The van der Waals surface area contributed by atoms with Gasteiger partial charge in [0.15, 0.2) is 6.61 Å². The smallest absolute Gasteiger partial charge is 0.257 e. The van der Waals surface area contributed by atoms with E-state index in [4.69, 9.17) is 4.74 Å². The largest absolute Gasteiger partial charge is 0.484 e. The molecule has 0 aliphatic rings. The Morgan fingerprint density at radius 1 is 1.25 bits per heavy atom. The molecular weight excluding hydrogens is 252 g/mol. The molecule has 0 aliphatic carbocycles. The van der Waals surface area contributed by atoms with Crippen LogP contribution in [0.15, 0.2) is 24.3 Å². The lowest BCUT2D eigenvalue weighted by atomic mass is 10.0. The minimum Gasteiger partial charge on any atom is -0.484 e. The molecule has 0 bridgehead atoms. The zero-order valence-electron chi connectivity index (χ0n) is 13.0. The van der Waals surface area contributed by atoms with Crippen LogP contribution in [0.25, 0.3) is 0 Å². The third-order valence-corrected chi connectivity index (χ3v) is 3.02. The predicted molar refractivity (Wildman–Crippen MR) is 82.2 cm³/mol. The number of amides is 1. The fraction of sp³-hybridized carbons (Fsp3) is 0.562. The van der Waals surface area contributed by atoms with Crippen LogP contribution in [0.4, 0.5) is 0 Å². The second-order valence-electron chi connectivity index (χ2n) is 5.52. The van der Waals surface area contributed by atoms with Gasteiger partial charge in [0.25, 0.3) is 5.91 Å². The first-order valence-corrected chi connectivity index (χ1v) is 7.13. The molecule has 0 fully saturated rings. The van der Waals surface area contributed by atoms with Crippen molar-refractivity contribution in [2.75, 3.05) is 33.8 Å². The van der Waals surface area contributed by atoms with E-state index in [-0.39, 0.29) is 12.5 Å². The molecule has 0 atom stereocenters. The van der Waals surface area contributed by atoms with Gasteiger partial charge in [-0.15, -0.1) is 0 Å². The Morgan fingerprint density at radius 2 is 1.90 bits per heavy atom. The third-order valence-electron chi connectivity index (χ3n) is 3.02. The summed E-state index contributed by atoms with van der Waals surface area (Å²) in [6.45, 7) is 6.03. The molecule has 4 heteroatoms. The van der Waals surface area contributed by atoms with Gasteiger partial charge < -0.3 is 15.0 Å². The van der Waals surface area contributed by atoms with Crippen LogP contribution in [-0.2, 0) is 4.79 Å². The lowest BCUT2D eigenvalue weighted by molar-refractivity contribution is -0.123. The number of carbonyl (C=O) groups is 1. The summed E-state index contributed by atoms with van der Waals surface area (Å²) < 4.78 is 5.46. The van der Waals surface area contributed by atoms with Crippen molar-refractivity contribution in [1.29, 1.82) is 0 Å². The lowest BCUT2D eigenvalue weighted by Crippen LogP contribution is -2.31. The Hall–Kier alpha value is -1.55. The van der Waals surface area contributed by atoms with Crippen molar-refractivity contribution in [2.24, 2.45) is 0 Å². The second kappa shape index (κ2) is 8.59. The van der Waals surface area contributed by atoms with Crippen molar-refractivity contribution >= 4 is 5.91 Å². The molecular formula is C16H26N2O2. The Balaban J connectivity index is 2.23. The van der Waals surface area contributed by atoms with Crippen LogP contribution in [0.1, 0.15) is 31.7 Å². The maximum Gasteiger partial charge on any atom is 0.257 e. The SMILES string of the molecule is CC(C)c1ccc(OCC(=O)NCCCN(C)C)cc1. The van der Waals surface area contributed by atoms with Crippen molar-refractivity contribution in [1.82, 2.24) is 10.2 Å². The van der Waals surface area contributed by atoms with Gasteiger partial charge in [-0.05, 0) is 50.7 Å². The summed E-state index contributed by atoms with van der Waals surface area (Å²) in [6, 6.07) is 7.90. The van der Waals surface area contributed by atoms with Crippen molar-refractivity contribution in [2.45, 2.75) is 26.2 Å². The number of nitrogens with zero attached hydrogens (tertiary/aromatic N) is 1. The summed E-state index contributed by atoms with van der Waals surface area (Å²) in [5.41, 5.74) is 1.27. The Labute approximate surface area is 122 Å². The van der Waals surface area contributed by atoms with Gasteiger partial charge in [-0.25, -0.2) is 0 Å². The van der Waals surface area contributed by atoms with Crippen molar-refractivity contribution in [3.8, 4) is 5.75 Å². The van der Waals surface area contributed by atoms with Gasteiger partial charge in [0.2, 0.25) is 0 Å². The molecule has 20 heavy (non-hydrogen) atoms. The summed E-state index contributed by atoms with van der Waals surface area (Å²) >= 11 is 0. The first-order valence-electron chi connectivity index (χ1n) is 7.13. The van der Waals surface area contributed by atoms with Gasteiger partial charge in [-0.3, -0.25) is 4.79 Å². The fourth-order valence-corrected chi connectivity index (χ4v) is 1.77. The van der Waals surface area contributed by atoms with Gasteiger partial charge >= 0.3 is 0 Å². The minimum absolute atomic E-state index is 0.0724. The van der Waals surface area contributed by atoms with E-state index in [1.54, 1.807) is 0 Å². The first kappa shape index (κ1) is 16.5. The Bertz CT molecular complexity index is 399. The average molecular weight is 278 g/mol. The normalized spacial score (nSPS) is 10.9. The summed E-state index contributed by atoms with van der Waals surface area (Å²) in [5.74, 6) is 1.17. The van der Waals surface area contributed by atoms with E-state index < -0.39 is 0 Å². The standard InChI is InChI=1S/C16H26N2O2/c1-13(2)14-6-8-15(9-7-14)20-12-16(19)17-10-5-11-18(3)4/h6-9,13H,5,10-12H2,1-4H3,(H,17,19).